The van der Waals surface area contributed by atoms with Crippen LogP contribution in [0.3, 0.4) is 0 Å². The molecular formula is C33H31N5O3. The van der Waals surface area contributed by atoms with Gasteiger partial charge < -0.3 is 14.7 Å². The highest BCUT2D eigenvalue weighted by molar-refractivity contribution is 5.79. The van der Waals surface area contributed by atoms with E-state index in [9.17, 15) is 9.90 Å². The zero-order valence-electron chi connectivity index (χ0n) is 22.7. The second kappa shape index (κ2) is 9.66. The quantitative estimate of drug-likeness (QED) is 0.296. The van der Waals surface area contributed by atoms with E-state index in [4.69, 9.17) is 19.8 Å². The second-order valence-electron chi connectivity index (χ2n) is 11.6. The molecule has 1 saturated heterocycles. The summed E-state index contributed by atoms with van der Waals surface area (Å²) in [6.07, 6.45) is 4.57. The summed E-state index contributed by atoms with van der Waals surface area (Å²) in [4.78, 5) is 24.0. The molecule has 2 aliphatic carbocycles. The summed E-state index contributed by atoms with van der Waals surface area (Å²) in [6.45, 7) is 3.07. The van der Waals surface area contributed by atoms with Gasteiger partial charge in [-0.3, -0.25) is 9.78 Å². The van der Waals surface area contributed by atoms with Gasteiger partial charge in [0.15, 0.2) is 5.65 Å². The molecule has 0 radical (unpaired) electrons. The highest BCUT2D eigenvalue weighted by Crippen LogP contribution is 2.51. The standard InChI is InChI=1S/C33H31N5O3/c39-33(40)26-19-25(26)20-5-7-22(8-6-20)31-30(36-32-29(11-12-34-38(31)32)37-13-15-41-16-14-37)24-17-23(18-24)28-10-9-21-3-1-2-4-27(21)35-28/h1-12,23-26H,13-19H2,(H,39,40)/t23-,24-,25?,26?. The molecule has 41 heavy (non-hydrogen) atoms. The number of morpholine rings is 1. The maximum absolute atomic E-state index is 11.4. The lowest BCUT2D eigenvalue weighted by atomic mass is 9.71. The Kier molecular flexibility index (Phi) is 5.77. The number of aliphatic carboxylic acids is 1. The Labute approximate surface area is 237 Å². The van der Waals surface area contributed by atoms with Crippen LogP contribution in [0, 0.1) is 5.92 Å². The van der Waals surface area contributed by atoms with Gasteiger partial charge in [-0.2, -0.15) is 5.10 Å². The minimum absolute atomic E-state index is 0.107. The number of pyridine rings is 1. The molecule has 2 saturated carbocycles. The third-order valence-corrected chi connectivity index (χ3v) is 9.16. The van der Waals surface area contributed by atoms with Crippen LogP contribution in [-0.2, 0) is 9.53 Å². The fourth-order valence-electron chi connectivity index (χ4n) is 6.67. The largest absolute Gasteiger partial charge is 0.481 e. The average Bonchev–Trinajstić information content (AvgIpc) is 3.71. The molecule has 2 atom stereocenters. The minimum Gasteiger partial charge on any atom is -0.481 e. The Bertz CT molecular complexity index is 1770. The van der Waals surface area contributed by atoms with E-state index >= 15 is 0 Å². The SMILES string of the molecule is O=C(O)C1CC1c1ccc(-c2c([C@H]3C[C@H](c4ccc5ccccc5n4)C3)nc3c(N4CCOCC4)ccnn23)cc1. The van der Waals surface area contributed by atoms with Crippen molar-refractivity contribution in [2.75, 3.05) is 31.2 Å². The van der Waals surface area contributed by atoms with E-state index < -0.39 is 5.97 Å². The summed E-state index contributed by atoms with van der Waals surface area (Å²) in [5.74, 6) is -0.152. The number of anilines is 1. The first kappa shape index (κ1) is 24.5. The number of benzene rings is 2. The first-order chi connectivity index (χ1) is 20.1. The summed E-state index contributed by atoms with van der Waals surface area (Å²) in [6, 6.07) is 23.1. The highest BCUT2D eigenvalue weighted by Gasteiger charge is 2.44. The number of hydrogen-bond donors (Lipinski definition) is 1. The monoisotopic (exact) mass is 545 g/mol. The lowest BCUT2D eigenvalue weighted by Crippen LogP contribution is -2.36. The van der Waals surface area contributed by atoms with Crippen molar-refractivity contribution in [1.82, 2.24) is 19.6 Å². The van der Waals surface area contributed by atoms with Gasteiger partial charge in [-0.15, -0.1) is 0 Å². The van der Waals surface area contributed by atoms with Crippen LogP contribution >= 0.6 is 0 Å². The van der Waals surface area contributed by atoms with Crippen LogP contribution in [0.25, 0.3) is 27.8 Å². The van der Waals surface area contributed by atoms with Crippen LogP contribution in [0.15, 0.2) is 72.9 Å². The molecule has 2 aromatic carbocycles. The molecule has 8 nitrogen and oxygen atoms in total. The number of rotatable bonds is 6. The number of carboxylic acid groups (broad SMARTS) is 1. The number of nitrogens with zero attached hydrogens (tertiary/aromatic N) is 5. The van der Waals surface area contributed by atoms with Gasteiger partial charge in [0.1, 0.15) is 0 Å². The molecule has 1 N–H and O–H groups in total. The lowest BCUT2D eigenvalue weighted by Gasteiger charge is -2.34. The Morgan fingerprint density at radius 3 is 2.46 bits per heavy atom. The van der Waals surface area contributed by atoms with Crippen molar-refractivity contribution in [3.63, 3.8) is 0 Å². The zero-order valence-corrected chi connectivity index (χ0v) is 22.7. The van der Waals surface area contributed by atoms with Crippen LogP contribution in [0.5, 0.6) is 0 Å². The van der Waals surface area contributed by atoms with Crippen LogP contribution < -0.4 is 4.90 Å². The Morgan fingerprint density at radius 1 is 0.878 bits per heavy atom. The highest BCUT2D eigenvalue weighted by atomic mass is 16.5. The smallest absolute Gasteiger partial charge is 0.307 e. The maximum atomic E-state index is 11.4. The fourth-order valence-corrected chi connectivity index (χ4v) is 6.67. The van der Waals surface area contributed by atoms with E-state index in [0.29, 0.717) is 31.5 Å². The van der Waals surface area contributed by atoms with Gasteiger partial charge in [0, 0.05) is 41.6 Å². The molecule has 3 aliphatic rings. The molecule has 5 aromatic rings. The van der Waals surface area contributed by atoms with E-state index in [-0.39, 0.29) is 11.8 Å². The second-order valence-corrected chi connectivity index (χ2v) is 11.6. The third kappa shape index (κ3) is 4.25. The number of ether oxygens (including phenoxy) is 1. The number of hydrogen-bond acceptors (Lipinski definition) is 6. The van der Waals surface area contributed by atoms with Gasteiger partial charge in [-0.25, -0.2) is 9.50 Å². The van der Waals surface area contributed by atoms with E-state index in [1.54, 1.807) is 0 Å². The van der Waals surface area contributed by atoms with Gasteiger partial charge in [0.25, 0.3) is 0 Å². The first-order valence-electron chi connectivity index (χ1n) is 14.5. The normalized spacial score (nSPS) is 24.0. The molecular weight excluding hydrogens is 514 g/mol. The molecule has 206 valence electrons. The van der Waals surface area contributed by atoms with Crippen molar-refractivity contribution in [2.24, 2.45) is 5.92 Å². The van der Waals surface area contributed by atoms with Gasteiger partial charge in [0.05, 0.1) is 47.9 Å². The van der Waals surface area contributed by atoms with Crippen LogP contribution in [-0.4, -0.2) is 57.0 Å². The molecule has 3 aromatic heterocycles. The number of carboxylic acids is 1. The van der Waals surface area contributed by atoms with Crippen LogP contribution in [0.4, 0.5) is 5.69 Å². The average molecular weight is 546 g/mol. The summed E-state index contributed by atoms with van der Waals surface area (Å²) >= 11 is 0. The van der Waals surface area contributed by atoms with Crippen LogP contribution in [0.1, 0.15) is 54.0 Å². The van der Waals surface area contributed by atoms with E-state index in [1.807, 2.05) is 16.8 Å². The molecule has 3 fully saturated rings. The Morgan fingerprint density at radius 2 is 1.68 bits per heavy atom. The molecule has 2 unspecified atom stereocenters. The molecule has 0 amide bonds. The molecule has 0 spiro atoms. The number of para-hydroxylation sites is 1. The minimum atomic E-state index is -0.705. The van der Waals surface area contributed by atoms with Gasteiger partial charge in [0.2, 0.25) is 0 Å². The van der Waals surface area contributed by atoms with Gasteiger partial charge in [-0.05, 0) is 48.9 Å². The van der Waals surface area contributed by atoms with Crippen molar-refractivity contribution in [3.05, 3.63) is 89.9 Å². The predicted octanol–water partition coefficient (Wildman–Crippen LogP) is 5.63. The molecule has 8 rings (SSSR count). The Hall–Kier alpha value is -4.30. The van der Waals surface area contributed by atoms with Crippen molar-refractivity contribution in [1.29, 1.82) is 0 Å². The molecule has 1 aliphatic heterocycles. The van der Waals surface area contributed by atoms with E-state index in [1.165, 1.54) is 5.39 Å². The van der Waals surface area contributed by atoms with Crippen molar-refractivity contribution in [3.8, 4) is 11.3 Å². The summed E-state index contributed by atoms with van der Waals surface area (Å²) < 4.78 is 7.62. The molecule has 4 heterocycles. The molecule has 0 bridgehead atoms. The van der Waals surface area contributed by atoms with E-state index in [2.05, 4.69) is 65.6 Å². The van der Waals surface area contributed by atoms with Crippen molar-refractivity contribution >= 4 is 28.2 Å². The third-order valence-electron chi connectivity index (χ3n) is 9.16. The van der Waals surface area contributed by atoms with Gasteiger partial charge >= 0.3 is 5.97 Å². The number of carbonyl (C=O) groups is 1. The first-order valence-corrected chi connectivity index (χ1v) is 14.5. The lowest BCUT2D eigenvalue weighted by molar-refractivity contribution is -0.138. The van der Waals surface area contributed by atoms with Crippen molar-refractivity contribution < 1.29 is 14.6 Å². The predicted molar refractivity (Wildman–Crippen MR) is 156 cm³/mol. The van der Waals surface area contributed by atoms with Gasteiger partial charge in [-0.1, -0.05) is 48.5 Å². The number of aromatic nitrogens is 4. The Balaban J connectivity index is 1.16. The maximum Gasteiger partial charge on any atom is 0.307 e. The summed E-state index contributed by atoms with van der Waals surface area (Å²) in [7, 11) is 0. The number of fused-ring (bicyclic) bond motifs is 2. The van der Waals surface area contributed by atoms with Crippen LogP contribution in [0.2, 0.25) is 0 Å². The summed E-state index contributed by atoms with van der Waals surface area (Å²) in [5, 5.41) is 15.4. The van der Waals surface area contributed by atoms with E-state index in [0.717, 1.165) is 71.0 Å². The fraction of sp³-hybridized carbons (Fsp3) is 0.333. The zero-order chi connectivity index (χ0) is 27.5. The summed E-state index contributed by atoms with van der Waals surface area (Å²) in [5.41, 5.74) is 8.42. The molecule has 8 heteroatoms. The van der Waals surface area contributed by atoms with Crippen molar-refractivity contribution in [2.45, 2.75) is 37.0 Å². The topological polar surface area (TPSA) is 92.8 Å². The number of imidazole rings is 1.